The molecule has 2 saturated heterocycles. The zero-order chi connectivity index (χ0) is 25.3. The second-order valence-electron chi connectivity index (χ2n) is 10.8. The molecular weight excluding hydrogens is 499 g/mol. The van der Waals surface area contributed by atoms with Crippen LogP contribution in [0.3, 0.4) is 0 Å². The van der Waals surface area contributed by atoms with Crippen LogP contribution in [0.15, 0.2) is 18.3 Å². The van der Waals surface area contributed by atoms with E-state index in [0.717, 1.165) is 0 Å². The Labute approximate surface area is 210 Å². The molecule has 0 radical (unpaired) electrons. The van der Waals surface area contributed by atoms with E-state index in [1.165, 1.54) is 6.92 Å². The highest BCUT2D eigenvalue weighted by Gasteiger charge is 2.67. The van der Waals surface area contributed by atoms with Gasteiger partial charge in [0.2, 0.25) is 0 Å². The van der Waals surface area contributed by atoms with Gasteiger partial charge in [0.05, 0.1) is 11.6 Å². The molecule has 4 rings (SSSR count). The second-order valence-corrected chi connectivity index (χ2v) is 16.4. The van der Waals surface area contributed by atoms with E-state index >= 15 is 0 Å². The normalized spacial score (nSPS) is 28.9. The van der Waals surface area contributed by atoms with Crippen molar-refractivity contribution in [3.63, 3.8) is 0 Å². The van der Waals surface area contributed by atoms with Crippen LogP contribution < -0.4 is 0 Å². The van der Waals surface area contributed by atoms with E-state index in [9.17, 15) is 4.79 Å². The number of rotatable bonds is 5. The second kappa shape index (κ2) is 8.43. The lowest BCUT2D eigenvalue weighted by atomic mass is 10.0. The van der Waals surface area contributed by atoms with Gasteiger partial charge < -0.3 is 23.4 Å². The van der Waals surface area contributed by atoms with Crippen molar-refractivity contribution < 1.29 is 28.2 Å². The number of hydrogen-bond donors (Lipinski definition) is 0. The van der Waals surface area contributed by atoms with Crippen molar-refractivity contribution in [2.75, 3.05) is 6.61 Å². The Morgan fingerprint density at radius 2 is 1.88 bits per heavy atom. The van der Waals surface area contributed by atoms with Gasteiger partial charge in [-0.2, -0.15) is 0 Å². The number of pyridine rings is 1. The number of halogens is 2. The van der Waals surface area contributed by atoms with Gasteiger partial charge in [-0.1, -0.05) is 44.0 Å². The zero-order valence-electron chi connectivity index (χ0n) is 20.8. The van der Waals surface area contributed by atoms with Crippen molar-refractivity contribution in [3.05, 3.63) is 34.2 Å². The number of carbonyl (C=O) groups excluding carboxylic acids is 1. The van der Waals surface area contributed by atoms with Gasteiger partial charge in [0.25, 0.3) is 5.79 Å². The largest absolute Gasteiger partial charge is 0.424 e. The topological polar surface area (TPSA) is 80.5 Å². The maximum atomic E-state index is 12.4. The summed E-state index contributed by atoms with van der Waals surface area (Å²) in [6, 6.07) is 3.39. The third kappa shape index (κ3) is 4.40. The highest BCUT2D eigenvalue weighted by Crippen LogP contribution is 2.52. The van der Waals surface area contributed by atoms with E-state index in [1.54, 1.807) is 22.7 Å². The minimum atomic E-state index is -2.10. The number of hydrogen-bond acceptors (Lipinski definition) is 7. The van der Waals surface area contributed by atoms with Crippen molar-refractivity contribution >= 4 is 43.1 Å². The molecular formula is C23H32Cl2N2O6Si. The Hall–Kier alpha value is -1.20. The Morgan fingerprint density at radius 3 is 2.50 bits per heavy atom. The number of esters is 1. The molecule has 0 N–H and O–H groups in total. The first-order valence-electron chi connectivity index (χ1n) is 11.3. The van der Waals surface area contributed by atoms with Gasteiger partial charge in [-0.3, -0.25) is 9.20 Å². The van der Waals surface area contributed by atoms with Crippen LogP contribution in [0.5, 0.6) is 0 Å². The van der Waals surface area contributed by atoms with Gasteiger partial charge in [-0.25, -0.2) is 4.98 Å². The number of ether oxygens (including phenoxy) is 4. The van der Waals surface area contributed by atoms with Gasteiger partial charge in [0.1, 0.15) is 28.7 Å². The van der Waals surface area contributed by atoms with E-state index in [-0.39, 0.29) is 16.8 Å². The Balaban J connectivity index is 1.83. The molecule has 4 atom stereocenters. The molecule has 0 amide bonds. The number of aromatic nitrogens is 2. The predicted molar refractivity (Wildman–Crippen MR) is 131 cm³/mol. The smallest absolute Gasteiger partial charge is 0.305 e. The minimum Gasteiger partial charge on any atom is -0.424 e. The van der Waals surface area contributed by atoms with Crippen molar-refractivity contribution in [2.45, 2.75) is 89.6 Å². The van der Waals surface area contributed by atoms with Crippen LogP contribution in [-0.4, -0.2) is 54.4 Å². The fourth-order valence-corrected chi connectivity index (χ4v) is 5.71. The quantitative estimate of drug-likeness (QED) is 0.383. The zero-order valence-corrected chi connectivity index (χ0v) is 23.3. The van der Waals surface area contributed by atoms with E-state index in [2.05, 4.69) is 38.8 Å². The number of imidazole rings is 1. The van der Waals surface area contributed by atoms with Gasteiger partial charge in [-0.05, 0) is 44.1 Å². The average molecular weight is 532 g/mol. The molecule has 4 heterocycles. The summed E-state index contributed by atoms with van der Waals surface area (Å²) in [5.74, 6) is -3.20. The molecule has 2 aromatic rings. The molecule has 34 heavy (non-hydrogen) atoms. The maximum absolute atomic E-state index is 12.4. The lowest BCUT2D eigenvalue weighted by Gasteiger charge is -2.38. The Morgan fingerprint density at radius 1 is 1.21 bits per heavy atom. The van der Waals surface area contributed by atoms with Crippen molar-refractivity contribution in [3.8, 4) is 0 Å². The molecule has 0 aromatic carbocycles. The van der Waals surface area contributed by atoms with Gasteiger partial charge in [0.15, 0.2) is 20.2 Å². The molecule has 2 unspecified atom stereocenters. The summed E-state index contributed by atoms with van der Waals surface area (Å²) in [7, 11) is -2.10. The van der Waals surface area contributed by atoms with E-state index < -0.39 is 44.2 Å². The SMILES string of the molecule is CC(=O)O[C@]1(c2c(Cl)ccc3nc(Cl)cn23)O[C@H](CO[Si](C)(C)C(C)(C)C)C2OC(C)(C)OC21. The molecule has 2 aromatic heterocycles. The summed E-state index contributed by atoms with van der Waals surface area (Å²) in [6.07, 6.45) is -0.346. The van der Waals surface area contributed by atoms with Crippen molar-refractivity contribution in [2.24, 2.45) is 0 Å². The maximum Gasteiger partial charge on any atom is 0.305 e. The standard InChI is InChI=1S/C23H32Cl2N2O6Si/c1-13(28)30-23(19-14(24)9-10-17-26-16(25)11-27(17)19)20-18(32-22(5,6)33-20)15(31-23)12-29-34(7,8)21(2,3)4/h9-11,15,18,20H,12H2,1-8H3/t15-,18?,20?,23-/m1/s1. The first kappa shape index (κ1) is 25.9. The minimum absolute atomic E-state index is 0.00669. The molecule has 2 aliphatic rings. The van der Waals surface area contributed by atoms with Crippen molar-refractivity contribution in [1.29, 1.82) is 0 Å². The summed E-state index contributed by atoms with van der Waals surface area (Å²) in [4.78, 5) is 16.7. The monoisotopic (exact) mass is 530 g/mol. The molecule has 188 valence electrons. The van der Waals surface area contributed by atoms with Gasteiger partial charge in [0, 0.05) is 13.1 Å². The number of fused-ring (bicyclic) bond motifs is 2. The molecule has 0 saturated carbocycles. The first-order chi connectivity index (χ1) is 15.6. The van der Waals surface area contributed by atoms with Crippen LogP contribution in [0.25, 0.3) is 5.65 Å². The van der Waals surface area contributed by atoms with Crippen LogP contribution in [0.1, 0.15) is 47.2 Å². The molecule has 0 bridgehead atoms. The fraction of sp³-hybridized carbons (Fsp3) is 0.652. The lowest BCUT2D eigenvalue weighted by molar-refractivity contribution is -0.292. The third-order valence-corrected chi connectivity index (χ3v) is 11.8. The lowest BCUT2D eigenvalue weighted by Crippen LogP contribution is -2.46. The van der Waals surface area contributed by atoms with Crippen LogP contribution in [0, 0.1) is 0 Å². The summed E-state index contributed by atoms with van der Waals surface area (Å²) in [5, 5.41) is 0.575. The fourth-order valence-electron chi connectivity index (χ4n) is 4.22. The highest BCUT2D eigenvalue weighted by atomic mass is 35.5. The molecule has 8 nitrogen and oxygen atoms in total. The van der Waals surface area contributed by atoms with E-state index in [0.29, 0.717) is 16.4 Å². The Bertz CT molecular complexity index is 1110. The average Bonchev–Trinajstić information content (AvgIpc) is 3.28. The summed E-state index contributed by atoms with van der Waals surface area (Å²) in [5.41, 5.74) is 0.877. The van der Waals surface area contributed by atoms with Gasteiger partial charge in [-0.15, -0.1) is 0 Å². The summed E-state index contributed by atoms with van der Waals surface area (Å²) >= 11 is 12.9. The molecule has 0 spiro atoms. The highest BCUT2D eigenvalue weighted by molar-refractivity contribution is 6.74. The predicted octanol–water partition coefficient (Wildman–Crippen LogP) is 5.30. The Kier molecular flexibility index (Phi) is 6.42. The first-order valence-corrected chi connectivity index (χ1v) is 14.9. The van der Waals surface area contributed by atoms with Crippen LogP contribution in [0.2, 0.25) is 28.3 Å². The molecule has 2 fully saturated rings. The van der Waals surface area contributed by atoms with Crippen LogP contribution in [0.4, 0.5) is 0 Å². The van der Waals surface area contributed by atoms with Crippen LogP contribution >= 0.6 is 23.2 Å². The van der Waals surface area contributed by atoms with Gasteiger partial charge >= 0.3 is 5.97 Å². The summed E-state index contributed by atoms with van der Waals surface area (Å²) < 4.78 is 33.2. The summed E-state index contributed by atoms with van der Waals surface area (Å²) in [6.45, 7) is 16.0. The third-order valence-electron chi connectivity index (χ3n) is 6.79. The molecule has 0 aliphatic carbocycles. The number of carbonyl (C=O) groups is 1. The van der Waals surface area contributed by atoms with Crippen LogP contribution in [-0.2, 0) is 34.0 Å². The number of nitrogens with zero attached hydrogens (tertiary/aromatic N) is 2. The molecule has 11 heteroatoms. The van der Waals surface area contributed by atoms with E-state index in [4.69, 9.17) is 46.6 Å². The molecule has 2 aliphatic heterocycles. The van der Waals surface area contributed by atoms with E-state index in [1.807, 2.05) is 13.8 Å². The van der Waals surface area contributed by atoms with Crippen molar-refractivity contribution in [1.82, 2.24) is 9.38 Å².